The summed E-state index contributed by atoms with van der Waals surface area (Å²) in [6.07, 6.45) is 7.60. The van der Waals surface area contributed by atoms with E-state index in [1.807, 2.05) is 0 Å². The number of nitrogens with zero attached hydrogens (tertiary/aromatic N) is 1. The third-order valence-electron chi connectivity index (χ3n) is 6.92. The first-order chi connectivity index (χ1) is 11.2. The fourth-order valence-electron chi connectivity index (χ4n) is 5.96. The lowest BCUT2D eigenvalue weighted by Crippen LogP contribution is -2.59. The van der Waals surface area contributed by atoms with Gasteiger partial charge in [0.1, 0.15) is 6.61 Å². The molecule has 5 rings (SSSR count). The van der Waals surface area contributed by atoms with Crippen molar-refractivity contribution in [1.82, 2.24) is 5.32 Å². The number of nitrogens with one attached hydrogen (secondary N) is 1. The number of anilines is 1. The van der Waals surface area contributed by atoms with E-state index in [1.54, 1.807) is 0 Å². The van der Waals surface area contributed by atoms with Crippen LogP contribution in [-0.2, 0) is 11.8 Å². The number of hydrogen-bond donors (Lipinski definition) is 2. The minimum Gasteiger partial charge on any atom is -0.504 e. The molecule has 0 amide bonds. The van der Waals surface area contributed by atoms with E-state index < -0.39 is 0 Å². The van der Waals surface area contributed by atoms with Crippen LogP contribution < -0.4 is 15.0 Å². The standard InChI is InChI=1S/C19H26N2O2/c1-21-8-9-23-18-16(22)11-14-12(17(18)21)10-15-13-4-2-3-5-19(13,14)6-7-20-15/h11,13,15,20,22H,2-10H2,1H3/t13-,15?,19+/m1/s1. The SMILES string of the molecule is CN1CCOc2c(O)cc3c(c21)CC1NCC[C@]32CCCC[C@H]12. The predicted molar refractivity (Wildman–Crippen MR) is 90.6 cm³/mol. The molecule has 1 unspecified atom stereocenters. The summed E-state index contributed by atoms with van der Waals surface area (Å²) in [5.41, 5.74) is 4.32. The minimum atomic E-state index is 0.284. The molecule has 0 aromatic heterocycles. The van der Waals surface area contributed by atoms with Crippen molar-refractivity contribution in [3.63, 3.8) is 0 Å². The predicted octanol–water partition coefficient (Wildman–Crippen LogP) is 2.57. The van der Waals surface area contributed by atoms with E-state index >= 15 is 0 Å². The number of aromatic hydroxyl groups is 1. The maximum Gasteiger partial charge on any atom is 0.184 e. The molecule has 2 heterocycles. The lowest BCUT2D eigenvalue weighted by Gasteiger charge is -2.56. The molecule has 0 spiro atoms. The lowest BCUT2D eigenvalue weighted by molar-refractivity contribution is 0.0793. The van der Waals surface area contributed by atoms with Crippen molar-refractivity contribution in [2.24, 2.45) is 5.92 Å². The molecule has 2 aliphatic heterocycles. The number of phenolic OH excluding ortho intramolecular Hbond substituents is 1. The maximum atomic E-state index is 10.6. The molecule has 2 bridgehead atoms. The van der Waals surface area contributed by atoms with Gasteiger partial charge >= 0.3 is 0 Å². The Balaban J connectivity index is 1.76. The Morgan fingerprint density at radius 1 is 1.35 bits per heavy atom. The number of rotatable bonds is 0. The Morgan fingerprint density at radius 3 is 3.17 bits per heavy atom. The minimum absolute atomic E-state index is 0.284. The Bertz CT molecular complexity index is 655. The number of phenols is 1. The van der Waals surface area contributed by atoms with Gasteiger partial charge in [-0.15, -0.1) is 0 Å². The number of likely N-dealkylation sites (N-methyl/N-ethyl adjacent to an activating group) is 1. The van der Waals surface area contributed by atoms with E-state index in [0.29, 0.717) is 24.1 Å². The average Bonchev–Trinajstić information content (AvgIpc) is 2.56. The second-order valence-corrected chi connectivity index (χ2v) is 7.89. The summed E-state index contributed by atoms with van der Waals surface area (Å²) in [4.78, 5) is 2.28. The molecule has 1 aromatic rings. The molecule has 4 heteroatoms. The molecule has 0 radical (unpaired) electrons. The number of piperidine rings is 1. The lowest BCUT2D eigenvalue weighted by atomic mass is 9.52. The van der Waals surface area contributed by atoms with Crippen LogP contribution in [0.2, 0.25) is 0 Å². The molecule has 1 aromatic carbocycles. The van der Waals surface area contributed by atoms with Gasteiger partial charge in [0.2, 0.25) is 0 Å². The first-order valence-electron chi connectivity index (χ1n) is 9.17. The third kappa shape index (κ3) is 1.76. The van der Waals surface area contributed by atoms with Gasteiger partial charge in [-0.3, -0.25) is 0 Å². The number of fused-ring (bicyclic) bond motifs is 3. The van der Waals surface area contributed by atoms with Gasteiger partial charge in [0.15, 0.2) is 11.5 Å². The van der Waals surface area contributed by atoms with Crippen LogP contribution in [0.15, 0.2) is 6.07 Å². The van der Waals surface area contributed by atoms with Crippen LogP contribution in [-0.4, -0.2) is 37.9 Å². The first kappa shape index (κ1) is 14.0. The summed E-state index contributed by atoms with van der Waals surface area (Å²) in [5, 5.41) is 14.4. The summed E-state index contributed by atoms with van der Waals surface area (Å²) in [7, 11) is 2.13. The van der Waals surface area contributed by atoms with E-state index in [-0.39, 0.29) is 5.41 Å². The van der Waals surface area contributed by atoms with E-state index in [1.165, 1.54) is 43.2 Å². The van der Waals surface area contributed by atoms with E-state index in [4.69, 9.17) is 4.74 Å². The van der Waals surface area contributed by atoms with E-state index in [2.05, 4.69) is 23.3 Å². The topological polar surface area (TPSA) is 44.7 Å². The van der Waals surface area contributed by atoms with Crippen LogP contribution in [0.1, 0.15) is 43.2 Å². The third-order valence-corrected chi connectivity index (χ3v) is 6.92. The smallest absolute Gasteiger partial charge is 0.184 e. The Morgan fingerprint density at radius 2 is 2.26 bits per heavy atom. The second kappa shape index (κ2) is 4.79. The molecule has 3 atom stereocenters. The van der Waals surface area contributed by atoms with Crippen LogP contribution in [0.25, 0.3) is 0 Å². The van der Waals surface area contributed by atoms with Gasteiger partial charge < -0.3 is 20.1 Å². The first-order valence-corrected chi connectivity index (χ1v) is 9.17. The zero-order valence-corrected chi connectivity index (χ0v) is 13.9. The van der Waals surface area contributed by atoms with Crippen molar-refractivity contribution in [1.29, 1.82) is 0 Å². The molecule has 1 saturated carbocycles. The highest BCUT2D eigenvalue weighted by molar-refractivity contribution is 5.74. The summed E-state index contributed by atoms with van der Waals surface area (Å²) < 4.78 is 5.83. The van der Waals surface area contributed by atoms with E-state index in [9.17, 15) is 5.11 Å². The molecule has 2 aliphatic carbocycles. The van der Waals surface area contributed by atoms with E-state index in [0.717, 1.165) is 31.1 Å². The highest BCUT2D eigenvalue weighted by atomic mass is 16.5. The summed E-state index contributed by atoms with van der Waals surface area (Å²) >= 11 is 0. The van der Waals surface area contributed by atoms with Crippen molar-refractivity contribution >= 4 is 5.69 Å². The zero-order chi connectivity index (χ0) is 15.6. The molecule has 124 valence electrons. The van der Waals surface area contributed by atoms with Crippen LogP contribution in [0, 0.1) is 5.92 Å². The quantitative estimate of drug-likeness (QED) is 0.772. The van der Waals surface area contributed by atoms with Crippen LogP contribution in [0.5, 0.6) is 11.5 Å². The molecule has 2 N–H and O–H groups in total. The van der Waals surface area contributed by atoms with Crippen molar-refractivity contribution in [2.75, 3.05) is 31.6 Å². The highest BCUT2D eigenvalue weighted by Gasteiger charge is 2.52. The van der Waals surface area contributed by atoms with Crippen LogP contribution in [0.3, 0.4) is 0 Å². The Hall–Kier alpha value is -1.42. The van der Waals surface area contributed by atoms with Crippen LogP contribution in [0.4, 0.5) is 5.69 Å². The van der Waals surface area contributed by atoms with Crippen molar-refractivity contribution in [3.8, 4) is 11.5 Å². The number of benzene rings is 1. The maximum absolute atomic E-state index is 10.6. The zero-order valence-electron chi connectivity index (χ0n) is 13.9. The number of hydrogen-bond acceptors (Lipinski definition) is 4. The van der Waals surface area contributed by atoms with Gasteiger partial charge in [0, 0.05) is 18.5 Å². The Kier molecular flexibility index (Phi) is 2.91. The van der Waals surface area contributed by atoms with Gasteiger partial charge in [-0.2, -0.15) is 0 Å². The van der Waals surface area contributed by atoms with Gasteiger partial charge in [0.05, 0.1) is 12.2 Å². The van der Waals surface area contributed by atoms with Crippen molar-refractivity contribution in [2.45, 2.75) is 50.0 Å². The van der Waals surface area contributed by atoms with Gasteiger partial charge in [0.25, 0.3) is 0 Å². The highest BCUT2D eigenvalue weighted by Crippen LogP contribution is 2.58. The van der Waals surface area contributed by atoms with Gasteiger partial charge in [-0.05, 0) is 55.3 Å². The van der Waals surface area contributed by atoms with Gasteiger partial charge in [-0.1, -0.05) is 12.8 Å². The fourth-order valence-corrected chi connectivity index (χ4v) is 5.96. The molecule has 4 nitrogen and oxygen atoms in total. The summed E-state index contributed by atoms with van der Waals surface area (Å²) in [5.74, 6) is 1.80. The summed E-state index contributed by atoms with van der Waals surface area (Å²) in [6.45, 7) is 2.67. The number of ether oxygens (including phenoxy) is 1. The molecule has 1 saturated heterocycles. The normalized spacial score (nSPS) is 34.9. The van der Waals surface area contributed by atoms with Gasteiger partial charge in [-0.25, -0.2) is 0 Å². The second-order valence-electron chi connectivity index (χ2n) is 7.89. The molecular weight excluding hydrogens is 288 g/mol. The average molecular weight is 314 g/mol. The van der Waals surface area contributed by atoms with Crippen molar-refractivity contribution in [3.05, 3.63) is 17.2 Å². The Labute approximate surface area is 137 Å². The monoisotopic (exact) mass is 314 g/mol. The molecule has 4 aliphatic rings. The van der Waals surface area contributed by atoms with Crippen molar-refractivity contribution < 1.29 is 9.84 Å². The molecule has 2 fully saturated rings. The summed E-state index contributed by atoms with van der Waals surface area (Å²) in [6, 6.07) is 2.66. The largest absolute Gasteiger partial charge is 0.504 e. The molecular formula is C19H26N2O2. The van der Waals surface area contributed by atoms with Crippen LogP contribution >= 0.6 is 0 Å². The molecule has 23 heavy (non-hydrogen) atoms. The fraction of sp³-hybridized carbons (Fsp3) is 0.684.